The molecule has 0 N–H and O–H groups in total. The molecule has 2 heteroatoms. The number of anilines is 6. The van der Waals surface area contributed by atoms with E-state index in [9.17, 15) is 0 Å². The molecule has 0 atom stereocenters. The molecule has 2 nitrogen and oxygen atoms in total. The van der Waals surface area contributed by atoms with Gasteiger partial charge in [-0.3, -0.25) is 0 Å². The number of nitrogens with zero attached hydrogens (tertiary/aromatic N) is 2. The number of hydrogen-bond acceptors (Lipinski definition) is 2. The van der Waals surface area contributed by atoms with Crippen molar-refractivity contribution in [2.24, 2.45) is 0 Å². The normalized spacial score (nSPS) is 13.5. The zero-order valence-corrected chi connectivity index (χ0v) is 37.1. The second-order valence-corrected chi connectivity index (χ2v) is 18.1. The average molecular weight is 845 g/mol. The summed E-state index contributed by atoms with van der Waals surface area (Å²) >= 11 is 0. The summed E-state index contributed by atoms with van der Waals surface area (Å²) in [5.74, 6) is 0. The van der Waals surface area contributed by atoms with Gasteiger partial charge in [-0.25, -0.2) is 0 Å². The average Bonchev–Trinajstić information content (AvgIpc) is 3.67. The summed E-state index contributed by atoms with van der Waals surface area (Å²) in [6.45, 7) is 4.79. The van der Waals surface area contributed by atoms with Crippen LogP contribution in [0, 0.1) is 0 Å². The first-order valence-corrected chi connectivity index (χ1v) is 23.0. The molecule has 0 saturated heterocycles. The molecule has 2 aliphatic rings. The van der Waals surface area contributed by atoms with E-state index in [-0.39, 0.29) is 5.41 Å². The van der Waals surface area contributed by atoms with Crippen molar-refractivity contribution in [3.63, 3.8) is 0 Å². The van der Waals surface area contributed by atoms with Gasteiger partial charge in [0.2, 0.25) is 0 Å². The monoisotopic (exact) mass is 844 g/mol. The molecule has 2 aliphatic carbocycles. The molecule has 1 spiro atoms. The lowest BCUT2D eigenvalue weighted by Crippen LogP contribution is -2.40. The molecule has 66 heavy (non-hydrogen) atoms. The van der Waals surface area contributed by atoms with E-state index in [1.165, 1.54) is 66.8 Å². The largest absolute Gasteiger partial charge is 0.311 e. The first-order valence-electron chi connectivity index (χ1n) is 23.0. The van der Waals surface area contributed by atoms with Crippen LogP contribution in [-0.2, 0) is 10.8 Å². The van der Waals surface area contributed by atoms with Gasteiger partial charge in [-0.1, -0.05) is 184 Å². The van der Waals surface area contributed by atoms with E-state index in [1.807, 2.05) is 0 Å². The van der Waals surface area contributed by atoms with Crippen LogP contribution in [0.3, 0.4) is 0 Å². The van der Waals surface area contributed by atoms with E-state index in [0.717, 1.165) is 34.1 Å². The van der Waals surface area contributed by atoms with Gasteiger partial charge in [0.1, 0.15) is 0 Å². The lowest BCUT2D eigenvalue weighted by molar-refractivity contribution is 0.563. The molecule has 0 unspecified atom stereocenters. The fourth-order valence-corrected chi connectivity index (χ4v) is 11.1. The van der Waals surface area contributed by atoms with Crippen molar-refractivity contribution in [2.45, 2.75) is 24.7 Å². The Labute approximate surface area is 388 Å². The Bertz CT molecular complexity index is 3050. The standard InChI is InChI=1S/C64H48N2/c1-63(2)57-27-15-17-29-59(57)64(60-30-18-16-28-58(60)63)61-43-47(45-31-37-53(38-32-45)65(49-19-7-3-8-20-49)50-21-9-4-10-22-50)35-41-55(61)56-42-36-48(44-62(56)64)46-33-39-54(40-34-46)66(51-23-11-5-12-24-51)52-25-13-6-14-26-52/h3-44H,1-2H3. The van der Waals surface area contributed by atoms with Crippen LogP contribution in [0.25, 0.3) is 33.4 Å². The zero-order valence-electron chi connectivity index (χ0n) is 37.1. The van der Waals surface area contributed by atoms with Gasteiger partial charge >= 0.3 is 0 Å². The molecule has 0 bridgehead atoms. The minimum absolute atomic E-state index is 0.186. The SMILES string of the molecule is CC1(C)c2ccccc2C2(c3cc(-c4ccc(N(c5ccccc5)c5ccccc5)cc4)ccc3-c3ccc(-c4ccc(N(c5ccccc5)c5ccccc5)cc4)cc32)c2ccccc21. The summed E-state index contributed by atoms with van der Waals surface area (Å²) in [6.07, 6.45) is 0. The molecule has 314 valence electrons. The second kappa shape index (κ2) is 15.8. The Balaban J connectivity index is 1.01. The Hall–Kier alpha value is -8.20. The Morgan fingerprint density at radius 1 is 0.242 bits per heavy atom. The molecule has 10 aromatic rings. The summed E-state index contributed by atoms with van der Waals surface area (Å²) in [4.78, 5) is 4.65. The van der Waals surface area contributed by atoms with Crippen molar-refractivity contribution >= 4 is 34.1 Å². The predicted molar refractivity (Wildman–Crippen MR) is 276 cm³/mol. The molecule has 10 aromatic carbocycles. The molecule has 0 aliphatic heterocycles. The van der Waals surface area contributed by atoms with Crippen molar-refractivity contribution in [2.75, 3.05) is 9.80 Å². The lowest BCUT2D eigenvalue weighted by atomic mass is 9.55. The maximum atomic E-state index is 2.50. The molecule has 0 saturated carbocycles. The van der Waals surface area contributed by atoms with Crippen molar-refractivity contribution < 1.29 is 0 Å². The molecular weight excluding hydrogens is 797 g/mol. The van der Waals surface area contributed by atoms with E-state index in [2.05, 4.69) is 278 Å². The number of rotatable bonds is 8. The van der Waals surface area contributed by atoms with Crippen molar-refractivity contribution in [1.82, 2.24) is 0 Å². The highest BCUT2D eigenvalue weighted by molar-refractivity contribution is 5.92. The zero-order chi connectivity index (χ0) is 44.2. The van der Waals surface area contributed by atoms with Gasteiger partial charge < -0.3 is 9.80 Å². The maximum Gasteiger partial charge on any atom is 0.0719 e. The Morgan fingerprint density at radius 3 is 0.848 bits per heavy atom. The summed E-state index contributed by atoms with van der Waals surface area (Å²) in [5, 5.41) is 0. The maximum absolute atomic E-state index is 2.50. The van der Waals surface area contributed by atoms with Gasteiger partial charge in [-0.05, 0) is 152 Å². The van der Waals surface area contributed by atoms with Crippen molar-refractivity contribution in [3.8, 4) is 33.4 Å². The second-order valence-electron chi connectivity index (χ2n) is 18.1. The first-order chi connectivity index (χ1) is 32.5. The lowest BCUT2D eigenvalue weighted by Gasteiger charge is -2.46. The summed E-state index contributed by atoms with van der Waals surface area (Å²) in [6, 6.07) is 93.6. The third kappa shape index (κ3) is 6.25. The topological polar surface area (TPSA) is 6.48 Å². The van der Waals surface area contributed by atoms with Gasteiger partial charge in [-0.2, -0.15) is 0 Å². The van der Waals surface area contributed by atoms with Crippen LogP contribution in [0.2, 0.25) is 0 Å². The van der Waals surface area contributed by atoms with E-state index in [1.54, 1.807) is 0 Å². The van der Waals surface area contributed by atoms with Crippen LogP contribution in [-0.4, -0.2) is 0 Å². The molecule has 0 aromatic heterocycles. The summed E-state index contributed by atoms with van der Waals surface area (Å²) in [7, 11) is 0. The fourth-order valence-electron chi connectivity index (χ4n) is 11.1. The Kier molecular flexibility index (Phi) is 9.43. The highest BCUT2D eigenvalue weighted by Gasteiger charge is 2.53. The van der Waals surface area contributed by atoms with Gasteiger partial charge in [0.05, 0.1) is 5.41 Å². The van der Waals surface area contributed by atoms with E-state index >= 15 is 0 Å². The van der Waals surface area contributed by atoms with Crippen LogP contribution < -0.4 is 9.80 Å². The fraction of sp³-hybridized carbons (Fsp3) is 0.0625. The van der Waals surface area contributed by atoms with Gasteiger partial charge in [-0.15, -0.1) is 0 Å². The number of fused-ring (bicyclic) bond motifs is 9. The quantitative estimate of drug-likeness (QED) is 0.150. The number of para-hydroxylation sites is 4. The molecule has 0 fully saturated rings. The highest BCUT2D eigenvalue weighted by atomic mass is 15.1. The third-order valence-electron chi connectivity index (χ3n) is 14.1. The van der Waals surface area contributed by atoms with Crippen molar-refractivity contribution in [1.29, 1.82) is 0 Å². The van der Waals surface area contributed by atoms with Crippen LogP contribution in [0.4, 0.5) is 34.1 Å². The molecule has 0 radical (unpaired) electrons. The molecule has 0 amide bonds. The minimum atomic E-state index is -0.534. The summed E-state index contributed by atoms with van der Waals surface area (Å²) < 4.78 is 0. The predicted octanol–water partition coefficient (Wildman–Crippen LogP) is 17.0. The molecule has 12 rings (SSSR count). The third-order valence-corrected chi connectivity index (χ3v) is 14.1. The van der Waals surface area contributed by atoms with Crippen LogP contribution in [0.1, 0.15) is 47.2 Å². The van der Waals surface area contributed by atoms with Gasteiger partial charge in [0, 0.05) is 39.5 Å². The van der Waals surface area contributed by atoms with E-state index in [0.29, 0.717) is 0 Å². The molecular formula is C64H48N2. The van der Waals surface area contributed by atoms with Crippen LogP contribution >= 0.6 is 0 Å². The van der Waals surface area contributed by atoms with Crippen LogP contribution in [0.15, 0.2) is 255 Å². The van der Waals surface area contributed by atoms with Crippen molar-refractivity contribution in [3.05, 3.63) is 288 Å². The van der Waals surface area contributed by atoms with E-state index < -0.39 is 5.41 Å². The minimum Gasteiger partial charge on any atom is -0.311 e. The summed E-state index contributed by atoms with van der Waals surface area (Å²) in [5.41, 5.74) is 21.5. The number of hydrogen-bond donors (Lipinski definition) is 0. The molecule has 0 heterocycles. The number of benzene rings is 10. The van der Waals surface area contributed by atoms with Gasteiger partial charge in [0.15, 0.2) is 0 Å². The first kappa shape index (κ1) is 39.4. The Morgan fingerprint density at radius 2 is 0.515 bits per heavy atom. The van der Waals surface area contributed by atoms with E-state index in [4.69, 9.17) is 0 Å². The highest BCUT2D eigenvalue weighted by Crippen LogP contribution is 2.63. The van der Waals surface area contributed by atoms with Gasteiger partial charge in [0.25, 0.3) is 0 Å². The van der Waals surface area contributed by atoms with Crippen LogP contribution in [0.5, 0.6) is 0 Å². The smallest absolute Gasteiger partial charge is 0.0719 e.